The number of ether oxygens (including phenoxy) is 2. The van der Waals surface area contributed by atoms with Gasteiger partial charge < -0.3 is 15.2 Å². The van der Waals surface area contributed by atoms with Crippen LogP contribution in [0.25, 0.3) is 32.9 Å². The number of carbonyl (C=O) groups excluding carboxylic acids is 1. The third-order valence-corrected chi connectivity index (χ3v) is 5.02. The number of anilines is 1. The number of nitrogens with zero attached hydrogens (tertiary/aromatic N) is 2. The molecule has 0 atom stereocenters. The van der Waals surface area contributed by atoms with Crippen molar-refractivity contribution in [3.05, 3.63) is 60.3 Å². The Morgan fingerprint density at radius 1 is 1.10 bits per heavy atom. The van der Waals surface area contributed by atoms with Crippen molar-refractivity contribution in [1.29, 1.82) is 0 Å². The topological polar surface area (TPSA) is 87.3 Å². The largest absolute Gasteiger partial charge is 0.493 e. The van der Waals surface area contributed by atoms with E-state index in [4.69, 9.17) is 10.5 Å². The maximum atomic E-state index is 11.3. The van der Waals surface area contributed by atoms with Crippen LogP contribution in [0.3, 0.4) is 0 Å². The van der Waals surface area contributed by atoms with E-state index in [0.29, 0.717) is 30.8 Å². The molecule has 0 spiro atoms. The lowest BCUT2D eigenvalue weighted by Crippen LogP contribution is -2.05. The second kappa shape index (κ2) is 8.37. The van der Waals surface area contributed by atoms with Gasteiger partial charge in [0.2, 0.25) is 0 Å². The van der Waals surface area contributed by atoms with Gasteiger partial charge in [-0.3, -0.25) is 9.78 Å². The zero-order valence-corrected chi connectivity index (χ0v) is 17.0. The Labute approximate surface area is 174 Å². The van der Waals surface area contributed by atoms with E-state index in [1.165, 1.54) is 7.11 Å². The highest BCUT2D eigenvalue weighted by Gasteiger charge is 2.12. The molecule has 0 bridgehead atoms. The number of rotatable bonds is 6. The van der Waals surface area contributed by atoms with Gasteiger partial charge in [-0.05, 0) is 37.1 Å². The van der Waals surface area contributed by atoms with Crippen LogP contribution in [0, 0.1) is 6.92 Å². The molecule has 0 radical (unpaired) electrons. The molecule has 0 saturated heterocycles. The molecule has 0 aliphatic heterocycles. The van der Waals surface area contributed by atoms with Gasteiger partial charge in [0.25, 0.3) is 0 Å². The first-order valence-corrected chi connectivity index (χ1v) is 9.81. The van der Waals surface area contributed by atoms with Crippen molar-refractivity contribution >= 4 is 33.6 Å². The molecule has 2 N–H and O–H groups in total. The van der Waals surface area contributed by atoms with Gasteiger partial charge in [-0.2, -0.15) is 0 Å². The third kappa shape index (κ3) is 3.89. The Hall–Kier alpha value is -3.67. The minimum atomic E-state index is -0.237. The lowest BCUT2D eigenvalue weighted by molar-refractivity contribution is -0.140. The van der Waals surface area contributed by atoms with E-state index in [2.05, 4.69) is 32.9 Å². The van der Waals surface area contributed by atoms with Gasteiger partial charge >= 0.3 is 5.97 Å². The number of hydrogen-bond acceptors (Lipinski definition) is 6. The molecule has 0 aliphatic rings. The Morgan fingerprint density at radius 2 is 1.93 bits per heavy atom. The molecule has 152 valence electrons. The molecule has 4 rings (SSSR count). The Morgan fingerprint density at radius 3 is 2.77 bits per heavy atom. The molecule has 0 saturated carbocycles. The van der Waals surface area contributed by atoms with Crippen molar-refractivity contribution in [3.8, 4) is 16.9 Å². The van der Waals surface area contributed by atoms with Crippen LogP contribution in [0.1, 0.15) is 18.4 Å². The number of pyridine rings is 2. The SMILES string of the molecule is COC(=O)CCCOc1ccccc1-c1cnc2c(N)nc3cc(C)ccc3c2c1. The van der Waals surface area contributed by atoms with Crippen molar-refractivity contribution < 1.29 is 14.3 Å². The summed E-state index contributed by atoms with van der Waals surface area (Å²) in [6.45, 7) is 2.45. The van der Waals surface area contributed by atoms with Gasteiger partial charge in [0.05, 0.1) is 19.2 Å². The summed E-state index contributed by atoms with van der Waals surface area (Å²) in [5, 5.41) is 1.96. The van der Waals surface area contributed by atoms with E-state index in [-0.39, 0.29) is 5.97 Å². The summed E-state index contributed by atoms with van der Waals surface area (Å²) >= 11 is 0. The van der Waals surface area contributed by atoms with Gasteiger partial charge in [0.15, 0.2) is 5.82 Å². The number of fused-ring (bicyclic) bond motifs is 3. The third-order valence-electron chi connectivity index (χ3n) is 5.02. The minimum Gasteiger partial charge on any atom is -0.493 e. The number of nitrogens with two attached hydrogens (primary N) is 1. The van der Waals surface area contributed by atoms with Crippen molar-refractivity contribution in [1.82, 2.24) is 9.97 Å². The van der Waals surface area contributed by atoms with Crippen LogP contribution in [0.15, 0.2) is 54.7 Å². The van der Waals surface area contributed by atoms with E-state index in [0.717, 1.165) is 38.7 Å². The van der Waals surface area contributed by atoms with Crippen LogP contribution < -0.4 is 10.5 Å². The zero-order chi connectivity index (χ0) is 21.1. The van der Waals surface area contributed by atoms with Crippen molar-refractivity contribution in [2.24, 2.45) is 0 Å². The number of nitrogen functional groups attached to an aromatic ring is 1. The highest BCUT2D eigenvalue weighted by atomic mass is 16.5. The van der Waals surface area contributed by atoms with Crippen LogP contribution in [0.2, 0.25) is 0 Å². The number of aryl methyl sites for hydroxylation is 1. The van der Waals surface area contributed by atoms with Crippen LogP contribution in [0.4, 0.5) is 5.82 Å². The normalized spacial score (nSPS) is 11.0. The molecule has 4 aromatic rings. The number of benzene rings is 2. The molecule has 30 heavy (non-hydrogen) atoms. The van der Waals surface area contributed by atoms with Gasteiger partial charge in [0, 0.05) is 34.5 Å². The summed E-state index contributed by atoms with van der Waals surface area (Å²) in [4.78, 5) is 20.4. The fourth-order valence-electron chi connectivity index (χ4n) is 3.50. The van der Waals surface area contributed by atoms with Crippen LogP contribution in [0.5, 0.6) is 5.75 Å². The maximum absolute atomic E-state index is 11.3. The molecule has 0 aliphatic carbocycles. The van der Waals surface area contributed by atoms with E-state index in [1.54, 1.807) is 6.20 Å². The van der Waals surface area contributed by atoms with E-state index < -0.39 is 0 Å². The molecule has 2 aromatic carbocycles. The number of hydrogen-bond donors (Lipinski definition) is 1. The zero-order valence-electron chi connectivity index (χ0n) is 17.0. The van der Waals surface area contributed by atoms with Gasteiger partial charge in [-0.25, -0.2) is 4.98 Å². The van der Waals surface area contributed by atoms with Crippen molar-refractivity contribution in [3.63, 3.8) is 0 Å². The predicted octanol–water partition coefficient (Wildman–Crippen LogP) is 4.67. The Balaban J connectivity index is 1.71. The number of para-hydroxylation sites is 1. The Kier molecular flexibility index (Phi) is 5.48. The second-order valence-corrected chi connectivity index (χ2v) is 7.16. The average Bonchev–Trinajstić information content (AvgIpc) is 2.76. The smallest absolute Gasteiger partial charge is 0.305 e. The van der Waals surface area contributed by atoms with Crippen LogP contribution >= 0.6 is 0 Å². The van der Waals surface area contributed by atoms with Gasteiger partial charge in [-0.1, -0.05) is 30.3 Å². The minimum absolute atomic E-state index is 0.237. The summed E-state index contributed by atoms with van der Waals surface area (Å²) in [5.74, 6) is 0.923. The van der Waals surface area contributed by atoms with Crippen molar-refractivity contribution in [2.45, 2.75) is 19.8 Å². The van der Waals surface area contributed by atoms with Gasteiger partial charge in [-0.15, -0.1) is 0 Å². The first-order chi connectivity index (χ1) is 14.6. The molecule has 0 amide bonds. The summed E-state index contributed by atoms with van der Waals surface area (Å²) in [5.41, 5.74) is 10.7. The van der Waals surface area contributed by atoms with Gasteiger partial charge in [0.1, 0.15) is 11.3 Å². The number of carbonyl (C=O) groups is 1. The fraction of sp³-hybridized carbons (Fsp3) is 0.208. The predicted molar refractivity (Wildman–Crippen MR) is 118 cm³/mol. The highest BCUT2D eigenvalue weighted by Crippen LogP contribution is 2.34. The van der Waals surface area contributed by atoms with Crippen molar-refractivity contribution in [2.75, 3.05) is 19.5 Å². The first-order valence-electron chi connectivity index (χ1n) is 9.81. The lowest BCUT2D eigenvalue weighted by atomic mass is 10.0. The monoisotopic (exact) mass is 401 g/mol. The standard InChI is InChI=1S/C24H23N3O3/c1-15-9-10-18-19-13-16(14-26-23(19)24(25)27-20(18)12-15)17-6-3-4-7-21(17)30-11-5-8-22(28)29-2/h3-4,6-7,9-10,12-14H,5,8,11H2,1-2H3,(H2,25,27). The number of esters is 1. The Bertz CT molecular complexity index is 1240. The fourth-order valence-corrected chi connectivity index (χ4v) is 3.50. The molecule has 6 heteroatoms. The molecule has 0 fully saturated rings. The van der Waals surface area contributed by atoms with E-state index >= 15 is 0 Å². The van der Waals surface area contributed by atoms with Crippen LogP contribution in [-0.4, -0.2) is 29.7 Å². The summed E-state index contributed by atoms with van der Waals surface area (Å²) < 4.78 is 10.6. The second-order valence-electron chi connectivity index (χ2n) is 7.16. The molecular weight excluding hydrogens is 378 g/mol. The highest BCUT2D eigenvalue weighted by molar-refractivity contribution is 6.09. The number of aromatic nitrogens is 2. The summed E-state index contributed by atoms with van der Waals surface area (Å²) in [6, 6.07) is 16.0. The van der Waals surface area contributed by atoms with E-state index in [1.807, 2.05) is 37.3 Å². The lowest BCUT2D eigenvalue weighted by Gasteiger charge is -2.13. The molecule has 2 aromatic heterocycles. The molecule has 2 heterocycles. The summed E-state index contributed by atoms with van der Waals surface area (Å²) in [7, 11) is 1.39. The maximum Gasteiger partial charge on any atom is 0.305 e. The van der Waals surface area contributed by atoms with E-state index in [9.17, 15) is 4.79 Å². The number of methoxy groups -OCH3 is 1. The summed E-state index contributed by atoms with van der Waals surface area (Å²) in [6.07, 6.45) is 2.70. The molecule has 6 nitrogen and oxygen atoms in total. The van der Waals surface area contributed by atoms with Crippen LogP contribution in [-0.2, 0) is 9.53 Å². The first kappa shape index (κ1) is 19.6. The quantitative estimate of drug-likeness (QED) is 0.287. The average molecular weight is 401 g/mol. The molecule has 0 unspecified atom stereocenters. The molecular formula is C24H23N3O3.